The number of aromatic nitrogens is 3. The summed E-state index contributed by atoms with van der Waals surface area (Å²) in [5.41, 5.74) is 4.67. The zero-order chi connectivity index (χ0) is 28.8. The van der Waals surface area contributed by atoms with Crippen molar-refractivity contribution in [2.24, 2.45) is 0 Å². The van der Waals surface area contributed by atoms with Gasteiger partial charge in [0, 0.05) is 5.56 Å². The molecule has 0 aliphatic heterocycles. The standard InChI is InChI=1S/C31H28N4O6/c1-4-38-30(36)27-29(33-18-32-27)40-25-16-14-23(15-17-25)22-10-12-24(13-11-22)28-26(19(2)35-41-28)34-31(37)39-20(3)21-8-6-5-7-9-21/h5-18,20H,4H2,1-3H3,(H,32,33)(H,34,37). The van der Waals surface area contributed by atoms with Gasteiger partial charge in [0.15, 0.2) is 11.5 Å². The van der Waals surface area contributed by atoms with Crippen molar-refractivity contribution < 1.29 is 28.3 Å². The third kappa shape index (κ3) is 6.27. The van der Waals surface area contributed by atoms with Crippen LogP contribution in [0.25, 0.3) is 22.5 Å². The summed E-state index contributed by atoms with van der Waals surface area (Å²) in [6.45, 7) is 5.54. The molecule has 1 amide bonds. The Morgan fingerprint density at radius 1 is 0.951 bits per heavy atom. The van der Waals surface area contributed by atoms with Crippen molar-refractivity contribution in [2.75, 3.05) is 11.9 Å². The van der Waals surface area contributed by atoms with E-state index in [0.29, 0.717) is 22.9 Å². The normalized spacial score (nSPS) is 11.5. The number of nitrogens with zero attached hydrogens (tertiary/aromatic N) is 2. The van der Waals surface area contributed by atoms with Crippen LogP contribution < -0.4 is 10.1 Å². The highest BCUT2D eigenvalue weighted by atomic mass is 16.6. The SMILES string of the molecule is CCOC(=O)c1[nH]cnc1Oc1ccc(-c2ccc(-c3onc(C)c3NC(=O)OC(C)c3ccccc3)cc2)cc1. The van der Waals surface area contributed by atoms with Gasteiger partial charge in [-0.15, -0.1) is 0 Å². The van der Waals surface area contributed by atoms with E-state index in [9.17, 15) is 9.59 Å². The molecule has 10 heteroatoms. The van der Waals surface area contributed by atoms with Crippen LogP contribution in [0.4, 0.5) is 10.5 Å². The summed E-state index contributed by atoms with van der Waals surface area (Å²) in [6.07, 6.45) is 0.356. The van der Waals surface area contributed by atoms with E-state index in [1.807, 2.05) is 73.7 Å². The largest absolute Gasteiger partial charge is 0.461 e. The molecule has 0 radical (unpaired) electrons. The first-order valence-corrected chi connectivity index (χ1v) is 13.0. The number of carbonyl (C=O) groups is 2. The third-order valence-corrected chi connectivity index (χ3v) is 6.28. The number of H-pyrrole nitrogens is 1. The lowest BCUT2D eigenvalue weighted by molar-refractivity contribution is 0.0517. The Hall–Kier alpha value is -5.38. The molecule has 0 saturated heterocycles. The quantitative estimate of drug-likeness (QED) is 0.182. The van der Waals surface area contributed by atoms with E-state index < -0.39 is 18.2 Å². The van der Waals surface area contributed by atoms with E-state index in [0.717, 1.165) is 22.3 Å². The number of nitrogens with one attached hydrogen (secondary N) is 2. The molecule has 41 heavy (non-hydrogen) atoms. The van der Waals surface area contributed by atoms with Crippen LogP contribution in [0, 0.1) is 6.92 Å². The molecule has 5 rings (SSSR count). The van der Waals surface area contributed by atoms with E-state index in [4.69, 9.17) is 18.7 Å². The second-order valence-electron chi connectivity index (χ2n) is 9.06. The topological polar surface area (TPSA) is 129 Å². The third-order valence-electron chi connectivity index (χ3n) is 6.28. The number of anilines is 1. The molecular formula is C31H28N4O6. The molecule has 2 heterocycles. The highest BCUT2D eigenvalue weighted by molar-refractivity contribution is 5.91. The van der Waals surface area contributed by atoms with Crippen LogP contribution in [0.15, 0.2) is 89.7 Å². The van der Waals surface area contributed by atoms with Crippen molar-refractivity contribution >= 4 is 17.7 Å². The summed E-state index contributed by atoms with van der Waals surface area (Å²) in [6, 6.07) is 24.5. The van der Waals surface area contributed by atoms with Crippen molar-refractivity contribution in [1.29, 1.82) is 0 Å². The number of amides is 1. The van der Waals surface area contributed by atoms with Crippen LogP contribution in [0.5, 0.6) is 11.6 Å². The number of benzene rings is 3. The van der Waals surface area contributed by atoms with Gasteiger partial charge in [0.2, 0.25) is 0 Å². The van der Waals surface area contributed by atoms with Gasteiger partial charge < -0.3 is 23.7 Å². The molecule has 1 unspecified atom stereocenters. The average Bonchev–Trinajstić information content (AvgIpc) is 3.60. The summed E-state index contributed by atoms with van der Waals surface area (Å²) < 4.78 is 21.9. The number of esters is 1. The first-order valence-electron chi connectivity index (χ1n) is 13.0. The molecule has 0 aliphatic rings. The molecule has 2 aromatic heterocycles. The van der Waals surface area contributed by atoms with Crippen molar-refractivity contribution in [2.45, 2.75) is 26.9 Å². The molecule has 0 bridgehead atoms. The number of aryl methyl sites for hydroxylation is 1. The lowest BCUT2D eigenvalue weighted by Gasteiger charge is -2.14. The zero-order valence-electron chi connectivity index (χ0n) is 22.7. The maximum Gasteiger partial charge on any atom is 0.412 e. The Kier molecular flexibility index (Phi) is 8.10. The number of carbonyl (C=O) groups excluding carboxylic acids is 2. The number of ether oxygens (including phenoxy) is 3. The van der Waals surface area contributed by atoms with Crippen LogP contribution in [0.1, 0.15) is 41.7 Å². The molecule has 0 fully saturated rings. The minimum atomic E-state index is -0.600. The fraction of sp³-hybridized carbons (Fsp3) is 0.161. The predicted octanol–water partition coefficient (Wildman–Crippen LogP) is 7.32. The second-order valence-corrected chi connectivity index (χ2v) is 9.06. The summed E-state index contributed by atoms with van der Waals surface area (Å²) in [4.78, 5) is 31.5. The monoisotopic (exact) mass is 552 g/mol. The maximum atomic E-state index is 12.6. The van der Waals surface area contributed by atoms with Gasteiger partial charge in [-0.25, -0.2) is 14.6 Å². The van der Waals surface area contributed by atoms with Crippen molar-refractivity contribution in [3.05, 3.63) is 102 Å². The van der Waals surface area contributed by atoms with E-state index in [2.05, 4.69) is 20.4 Å². The van der Waals surface area contributed by atoms with E-state index in [-0.39, 0.29) is 18.2 Å². The first kappa shape index (κ1) is 27.2. The molecule has 0 saturated carbocycles. The highest BCUT2D eigenvalue weighted by Crippen LogP contribution is 2.33. The maximum absolute atomic E-state index is 12.6. The van der Waals surface area contributed by atoms with Crippen molar-refractivity contribution in [1.82, 2.24) is 15.1 Å². The van der Waals surface area contributed by atoms with Gasteiger partial charge in [-0.3, -0.25) is 5.32 Å². The Morgan fingerprint density at radius 2 is 1.61 bits per heavy atom. The fourth-order valence-corrected chi connectivity index (χ4v) is 4.15. The molecule has 0 spiro atoms. The van der Waals surface area contributed by atoms with Crippen molar-refractivity contribution in [3.63, 3.8) is 0 Å². The number of hydrogen-bond donors (Lipinski definition) is 2. The summed E-state index contributed by atoms with van der Waals surface area (Å²) in [7, 11) is 0. The number of rotatable bonds is 9. The van der Waals surface area contributed by atoms with Crippen LogP contribution in [-0.4, -0.2) is 33.8 Å². The van der Waals surface area contributed by atoms with E-state index >= 15 is 0 Å². The predicted molar refractivity (Wildman–Crippen MR) is 152 cm³/mol. The van der Waals surface area contributed by atoms with Crippen molar-refractivity contribution in [3.8, 4) is 34.1 Å². The average molecular weight is 553 g/mol. The minimum absolute atomic E-state index is 0.144. The zero-order valence-corrected chi connectivity index (χ0v) is 22.7. The summed E-state index contributed by atoms with van der Waals surface area (Å²) >= 11 is 0. The van der Waals surface area contributed by atoms with E-state index in [1.54, 1.807) is 26.0 Å². The van der Waals surface area contributed by atoms with Gasteiger partial charge in [0.05, 0.1) is 12.9 Å². The number of hydrogen-bond acceptors (Lipinski definition) is 8. The number of aromatic amines is 1. The molecule has 0 aliphatic carbocycles. The van der Waals surface area contributed by atoms with Gasteiger partial charge in [-0.2, -0.15) is 0 Å². The fourth-order valence-electron chi connectivity index (χ4n) is 4.15. The molecule has 1 atom stereocenters. The molecular weight excluding hydrogens is 524 g/mol. The summed E-state index contributed by atoms with van der Waals surface area (Å²) in [5, 5.41) is 6.81. The van der Waals surface area contributed by atoms with Crippen LogP contribution >= 0.6 is 0 Å². The Balaban J connectivity index is 1.26. The Labute approximate surface area is 236 Å². The lowest BCUT2D eigenvalue weighted by Crippen LogP contribution is -2.16. The molecule has 208 valence electrons. The van der Waals surface area contributed by atoms with Gasteiger partial charge in [-0.05, 0) is 49.6 Å². The second kappa shape index (κ2) is 12.2. The number of imidazole rings is 1. The molecule has 2 N–H and O–H groups in total. The Bertz CT molecular complexity index is 1630. The van der Waals surface area contributed by atoms with Gasteiger partial charge >= 0.3 is 12.1 Å². The smallest absolute Gasteiger partial charge is 0.412 e. The molecule has 5 aromatic rings. The van der Waals surface area contributed by atoms with Crippen LogP contribution in [0.2, 0.25) is 0 Å². The molecule has 10 nitrogen and oxygen atoms in total. The van der Waals surface area contributed by atoms with E-state index in [1.165, 1.54) is 6.33 Å². The van der Waals surface area contributed by atoms with Gasteiger partial charge in [0.1, 0.15) is 23.2 Å². The van der Waals surface area contributed by atoms with Crippen LogP contribution in [-0.2, 0) is 9.47 Å². The highest BCUT2D eigenvalue weighted by Gasteiger charge is 2.20. The minimum Gasteiger partial charge on any atom is -0.461 e. The Morgan fingerprint density at radius 3 is 2.29 bits per heavy atom. The summed E-state index contributed by atoms with van der Waals surface area (Å²) in [5.74, 6) is 0.559. The lowest BCUT2D eigenvalue weighted by atomic mass is 10.0. The van der Waals surface area contributed by atoms with Gasteiger partial charge in [-0.1, -0.05) is 71.9 Å². The van der Waals surface area contributed by atoms with Gasteiger partial charge in [0.25, 0.3) is 5.88 Å². The van der Waals surface area contributed by atoms with Crippen LogP contribution in [0.3, 0.4) is 0 Å². The molecule has 3 aromatic carbocycles. The first-order chi connectivity index (χ1) is 19.9.